The minimum Gasteiger partial charge on any atom is -0.412 e. The third-order valence-corrected chi connectivity index (χ3v) is 0.421. The molecule has 0 aliphatic heterocycles. The molecule has 7 heteroatoms. The van der Waals surface area contributed by atoms with Crippen LogP contribution in [0.2, 0.25) is 0 Å². The molecule has 0 bridgehead atoms. The Morgan fingerprint density at radius 1 is 0.800 bits per heavy atom. The molecule has 0 aromatic carbocycles. The Morgan fingerprint density at radius 2 is 1.00 bits per heavy atom. The van der Waals surface area contributed by atoms with Gasteiger partial charge in [0.05, 0.1) is 13.2 Å². The van der Waals surface area contributed by atoms with Crippen LogP contribution in [0.15, 0.2) is 0 Å². The molecule has 0 aromatic heterocycles. The van der Waals surface area contributed by atoms with E-state index in [4.69, 9.17) is 15.3 Å². The standard InChI is InChI=1S/C3H8O3.4H2O/c4-1-3(6)2-5;;;;/h3-6H,1-2H2;4*1H2. The van der Waals surface area contributed by atoms with Crippen LogP contribution in [0.25, 0.3) is 0 Å². The van der Waals surface area contributed by atoms with Gasteiger partial charge in [-0.3, -0.25) is 0 Å². The molecule has 0 aliphatic rings. The molecule has 0 radical (unpaired) electrons. The van der Waals surface area contributed by atoms with Crippen molar-refractivity contribution in [3.8, 4) is 0 Å². The molecule has 0 spiro atoms. The second-order valence-electron chi connectivity index (χ2n) is 1.02. The van der Waals surface area contributed by atoms with Gasteiger partial charge < -0.3 is 37.2 Å². The van der Waals surface area contributed by atoms with E-state index in [0.29, 0.717) is 0 Å². The first-order valence-electron chi connectivity index (χ1n) is 1.71. The lowest BCUT2D eigenvalue weighted by atomic mass is 10.4. The zero-order valence-electron chi connectivity index (χ0n) is 5.33. The molecule has 0 heterocycles. The summed E-state index contributed by atoms with van der Waals surface area (Å²) in [6, 6.07) is 0. The summed E-state index contributed by atoms with van der Waals surface area (Å²) >= 11 is 0. The van der Waals surface area contributed by atoms with Crippen molar-refractivity contribution in [1.29, 1.82) is 0 Å². The molecule has 0 saturated heterocycles. The minimum absolute atomic E-state index is 0. The highest BCUT2D eigenvalue weighted by molar-refractivity contribution is 4.43. The Labute approximate surface area is 57.8 Å². The van der Waals surface area contributed by atoms with Gasteiger partial charge in [-0.1, -0.05) is 0 Å². The lowest BCUT2D eigenvalue weighted by molar-refractivity contribution is 0.0450. The number of aliphatic hydroxyl groups excluding tert-OH is 3. The summed E-state index contributed by atoms with van der Waals surface area (Å²) < 4.78 is 0. The molecule has 0 atom stereocenters. The highest BCUT2D eigenvalue weighted by Gasteiger charge is 1.93. The van der Waals surface area contributed by atoms with Gasteiger partial charge in [0, 0.05) is 0 Å². The van der Waals surface area contributed by atoms with E-state index in [2.05, 4.69) is 0 Å². The fourth-order valence-electron chi connectivity index (χ4n) is 0.0577. The lowest BCUT2D eigenvalue weighted by Crippen LogP contribution is -2.15. The Balaban J connectivity index is -0.0000000208. The van der Waals surface area contributed by atoms with Gasteiger partial charge in [-0.05, 0) is 0 Å². The van der Waals surface area contributed by atoms with Crippen LogP contribution >= 0.6 is 0 Å². The fourth-order valence-corrected chi connectivity index (χ4v) is 0.0577. The van der Waals surface area contributed by atoms with Gasteiger partial charge in [0.1, 0.15) is 6.10 Å². The maximum atomic E-state index is 8.17. The van der Waals surface area contributed by atoms with Crippen molar-refractivity contribution in [3.05, 3.63) is 0 Å². The molecular weight excluding hydrogens is 148 g/mol. The van der Waals surface area contributed by atoms with E-state index in [1.54, 1.807) is 0 Å². The van der Waals surface area contributed by atoms with Gasteiger partial charge >= 0.3 is 0 Å². The molecule has 0 fully saturated rings. The SMILES string of the molecule is O.O.O.O.OCC(O)CO. The first kappa shape index (κ1) is 33.2. The normalized spacial score (nSPS) is 6.00. The summed E-state index contributed by atoms with van der Waals surface area (Å²) in [5, 5.41) is 24.0. The summed E-state index contributed by atoms with van der Waals surface area (Å²) in [4.78, 5) is 0. The molecule has 0 unspecified atom stereocenters. The van der Waals surface area contributed by atoms with Gasteiger partial charge in [-0.2, -0.15) is 0 Å². The first-order valence-corrected chi connectivity index (χ1v) is 1.71. The van der Waals surface area contributed by atoms with Crippen molar-refractivity contribution in [1.82, 2.24) is 0 Å². The molecule has 0 aromatic rings. The average molecular weight is 164 g/mol. The predicted molar refractivity (Wildman–Crippen MR) is 34.6 cm³/mol. The Hall–Kier alpha value is -0.280. The zero-order chi connectivity index (χ0) is 4.99. The molecule has 70 valence electrons. The van der Waals surface area contributed by atoms with Crippen LogP contribution in [0.3, 0.4) is 0 Å². The van der Waals surface area contributed by atoms with Gasteiger partial charge in [0.2, 0.25) is 0 Å². The largest absolute Gasteiger partial charge is 0.412 e. The van der Waals surface area contributed by atoms with Gasteiger partial charge in [0.25, 0.3) is 0 Å². The van der Waals surface area contributed by atoms with Crippen LogP contribution < -0.4 is 0 Å². The molecule has 7 nitrogen and oxygen atoms in total. The first-order chi connectivity index (χ1) is 2.81. The highest BCUT2D eigenvalue weighted by atomic mass is 16.3. The van der Waals surface area contributed by atoms with Crippen molar-refractivity contribution < 1.29 is 37.2 Å². The van der Waals surface area contributed by atoms with Crippen LogP contribution in [-0.2, 0) is 0 Å². The smallest absolute Gasteiger partial charge is 0.100 e. The second-order valence-corrected chi connectivity index (χ2v) is 1.02. The van der Waals surface area contributed by atoms with Crippen molar-refractivity contribution in [2.24, 2.45) is 0 Å². The van der Waals surface area contributed by atoms with Crippen molar-refractivity contribution in [2.45, 2.75) is 6.10 Å². The lowest BCUT2D eigenvalue weighted by Gasteiger charge is -1.96. The van der Waals surface area contributed by atoms with E-state index in [1.807, 2.05) is 0 Å². The Bertz CT molecular complexity index is 28.0. The van der Waals surface area contributed by atoms with E-state index in [-0.39, 0.29) is 35.1 Å². The third-order valence-electron chi connectivity index (χ3n) is 0.421. The maximum absolute atomic E-state index is 8.17. The van der Waals surface area contributed by atoms with Crippen LogP contribution in [0.1, 0.15) is 0 Å². The second kappa shape index (κ2) is 23.3. The van der Waals surface area contributed by atoms with Crippen molar-refractivity contribution in [2.75, 3.05) is 13.2 Å². The van der Waals surface area contributed by atoms with Crippen LogP contribution in [0.5, 0.6) is 0 Å². The van der Waals surface area contributed by atoms with E-state index in [1.165, 1.54) is 0 Å². The van der Waals surface area contributed by atoms with Crippen LogP contribution in [-0.4, -0.2) is 56.5 Å². The summed E-state index contributed by atoms with van der Waals surface area (Å²) in [6.07, 6.45) is -0.954. The van der Waals surface area contributed by atoms with Crippen LogP contribution in [0.4, 0.5) is 0 Å². The molecular formula is C3H16O7. The predicted octanol–water partition coefficient (Wildman–Crippen LogP) is -4.97. The van der Waals surface area contributed by atoms with E-state index in [9.17, 15) is 0 Å². The number of hydrogen-bond acceptors (Lipinski definition) is 3. The molecule has 10 heavy (non-hydrogen) atoms. The Morgan fingerprint density at radius 3 is 1.00 bits per heavy atom. The number of aliphatic hydroxyl groups is 3. The van der Waals surface area contributed by atoms with Gasteiger partial charge in [-0.25, -0.2) is 0 Å². The summed E-state index contributed by atoms with van der Waals surface area (Å²) in [7, 11) is 0. The molecule has 0 saturated carbocycles. The average Bonchev–Trinajstić information content (AvgIpc) is 1.65. The van der Waals surface area contributed by atoms with Crippen molar-refractivity contribution >= 4 is 0 Å². The quantitative estimate of drug-likeness (QED) is 0.369. The van der Waals surface area contributed by atoms with E-state index < -0.39 is 6.10 Å². The highest BCUT2D eigenvalue weighted by Crippen LogP contribution is 1.71. The Kier molecular flexibility index (Phi) is 77.4. The summed E-state index contributed by atoms with van der Waals surface area (Å²) in [5.74, 6) is 0. The van der Waals surface area contributed by atoms with Gasteiger partial charge in [-0.15, -0.1) is 0 Å². The maximum Gasteiger partial charge on any atom is 0.100 e. The monoisotopic (exact) mass is 164 g/mol. The molecule has 0 amide bonds. The van der Waals surface area contributed by atoms with E-state index >= 15 is 0 Å². The fraction of sp³-hybridized carbons (Fsp3) is 1.00. The molecule has 0 aliphatic carbocycles. The topological polar surface area (TPSA) is 187 Å². The van der Waals surface area contributed by atoms with Crippen LogP contribution in [0, 0.1) is 0 Å². The number of rotatable bonds is 2. The molecule has 11 N–H and O–H groups in total. The third kappa shape index (κ3) is 25.2. The number of hydrogen-bond donors (Lipinski definition) is 3. The molecule has 0 rings (SSSR count). The summed E-state index contributed by atoms with van der Waals surface area (Å²) in [5.41, 5.74) is 0. The zero-order valence-corrected chi connectivity index (χ0v) is 5.33. The van der Waals surface area contributed by atoms with E-state index in [0.717, 1.165) is 0 Å². The van der Waals surface area contributed by atoms with Gasteiger partial charge in [0.15, 0.2) is 0 Å². The summed E-state index contributed by atoms with van der Waals surface area (Å²) in [6.45, 7) is -0.729. The minimum atomic E-state index is -0.954. The van der Waals surface area contributed by atoms with Crippen molar-refractivity contribution in [3.63, 3.8) is 0 Å².